The van der Waals surface area contributed by atoms with E-state index in [-0.39, 0.29) is 0 Å². The van der Waals surface area contributed by atoms with Crippen LogP contribution >= 0.6 is 0 Å². The lowest BCUT2D eigenvalue weighted by atomic mass is 10.1. The Morgan fingerprint density at radius 1 is 1.32 bits per heavy atom. The molecule has 0 saturated heterocycles. The van der Waals surface area contributed by atoms with Crippen LogP contribution in [0.3, 0.4) is 0 Å². The zero-order chi connectivity index (χ0) is 13.2. The van der Waals surface area contributed by atoms with Crippen LogP contribution in [0, 0.1) is 5.92 Å². The molecule has 0 aromatic carbocycles. The van der Waals surface area contributed by atoms with Crippen LogP contribution in [0.5, 0.6) is 0 Å². The van der Waals surface area contributed by atoms with Crippen molar-refractivity contribution in [3.63, 3.8) is 0 Å². The topological polar surface area (TPSA) is 67.1 Å². The van der Waals surface area contributed by atoms with Crippen molar-refractivity contribution in [1.29, 1.82) is 0 Å². The molecule has 0 spiro atoms. The summed E-state index contributed by atoms with van der Waals surface area (Å²) >= 11 is 0. The predicted molar refractivity (Wildman–Crippen MR) is 76.9 cm³/mol. The summed E-state index contributed by atoms with van der Waals surface area (Å²) in [6, 6.07) is 0.691. The van der Waals surface area contributed by atoms with Gasteiger partial charge in [0.05, 0.1) is 0 Å². The van der Waals surface area contributed by atoms with Gasteiger partial charge >= 0.3 is 0 Å². The molecule has 2 aliphatic carbocycles. The second-order valence-electron chi connectivity index (χ2n) is 5.75. The highest BCUT2D eigenvalue weighted by molar-refractivity contribution is 5.59. The molecule has 0 amide bonds. The highest BCUT2D eigenvalue weighted by atomic mass is 15.3. The highest BCUT2D eigenvalue weighted by Crippen LogP contribution is 2.39. The molecular weight excluding hydrogens is 238 g/mol. The minimum absolute atomic E-state index is 0.691. The first-order valence-electron chi connectivity index (χ1n) is 7.40. The summed E-state index contributed by atoms with van der Waals surface area (Å²) in [7, 11) is 0. The van der Waals surface area contributed by atoms with Gasteiger partial charge in [0.15, 0.2) is 0 Å². The van der Waals surface area contributed by atoms with E-state index in [1.54, 1.807) is 6.33 Å². The lowest BCUT2D eigenvalue weighted by Gasteiger charge is -2.26. The Morgan fingerprint density at radius 2 is 2.11 bits per heavy atom. The van der Waals surface area contributed by atoms with Gasteiger partial charge in [-0.25, -0.2) is 15.8 Å². The molecule has 2 saturated carbocycles. The highest BCUT2D eigenvalue weighted by Gasteiger charge is 2.35. The van der Waals surface area contributed by atoms with Gasteiger partial charge in [-0.05, 0) is 38.0 Å². The number of nitrogen functional groups attached to an aromatic ring is 1. The van der Waals surface area contributed by atoms with Crippen molar-refractivity contribution in [2.75, 3.05) is 16.9 Å². The van der Waals surface area contributed by atoms with Gasteiger partial charge < -0.3 is 10.3 Å². The fourth-order valence-electron chi connectivity index (χ4n) is 2.63. The summed E-state index contributed by atoms with van der Waals surface area (Å²) in [6.07, 6.45) is 9.03. The van der Waals surface area contributed by atoms with Crippen molar-refractivity contribution in [1.82, 2.24) is 9.97 Å². The number of nitrogens with two attached hydrogens (primary N) is 1. The van der Waals surface area contributed by atoms with Crippen molar-refractivity contribution in [2.24, 2.45) is 11.8 Å². The molecule has 104 valence electrons. The van der Waals surface area contributed by atoms with Crippen molar-refractivity contribution in [3.05, 3.63) is 11.9 Å². The van der Waals surface area contributed by atoms with Crippen LogP contribution in [0.4, 0.5) is 11.6 Å². The number of nitrogens with zero attached hydrogens (tertiary/aromatic N) is 3. The number of hydrogen-bond acceptors (Lipinski definition) is 5. The van der Waals surface area contributed by atoms with Crippen LogP contribution in [0.2, 0.25) is 0 Å². The number of anilines is 2. The SMILES string of the molecule is CCCc1c(NN)ncnc1N(CC1CC1)C1CC1. The third-order valence-electron chi connectivity index (χ3n) is 3.97. The van der Waals surface area contributed by atoms with Crippen LogP contribution in [0.1, 0.15) is 44.6 Å². The van der Waals surface area contributed by atoms with Gasteiger partial charge in [0.2, 0.25) is 0 Å². The Balaban J connectivity index is 1.90. The van der Waals surface area contributed by atoms with Gasteiger partial charge in [-0.2, -0.15) is 0 Å². The molecule has 0 bridgehead atoms. The molecule has 2 fully saturated rings. The summed E-state index contributed by atoms with van der Waals surface area (Å²) in [6.45, 7) is 3.34. The standard InChI is InChI=1S/C14H23N5/c1-2-3-12-13(18-15)16-9-17-14(12)19(11-6-7-11)8-10-4-5-10/h9-11H,2-8,15H2,1H3,(H,16,17,18). The molecule has 3 rings (SSSR count). The van der Waals surface area contributed by atoms with Gasteiger partial charge in [0.1, 0.15) is 18.0 Å². The lowest BCUT2D eigenvalue weighted by molar-refractivity contribution is 0.700. The maximum Gasteiger partial charge on any atom is 0.148 e. The first-order chi connectivity index (χ1) is 9.33. The number of nitrogens with one attached hydrogen (secondary N) is 1. The molecule has 0 aliphatic heterocycles. The zero-order valence-electron chi connectivity index (χ0n) is 11.6. The quantitative estimate of drug-likeness (QED) is 0.581. The molecule has 5 nitrogen and oxygen atoms in total. The van der Waals surface area contributed by atoms with Crippen LogP contribution in [-0.2, 0) is 6.42 Å². The van der Waals surface area contributed by atoms with Crippen molar-refractivity contribution >= 4 is 11.6 Å². The van der Waals surface area contributed by atoms with E-state index in [1.807, 2.05) is 0 Å². The average molecular weight is 261 g/mol. The number of aromatic nitrogens is 2. The van der Waals surface area contributed by atoms with E-state index in [4.69, 9.17) is 5.84 Å². The summed E-state index contributed by atoms with van der Waals surface area (Å²) in [5, 5.41) is 0. The second-order valence-corrected chi connectivity index (χ2v) is 5.75. The third kappa shape index (κ3) is 2.81. The molecule has 1 heterocycles. The number of rotatable bonds is 7. The largest absolute Gasteiger partial charge is 0.353 e. The van der Waals surface area contributed by atoms with E-state index in [2.05, 4.69) is 27.2 Å². The number of hydrazine groups is 1. The second kappa shape index (κ2) is 5.33. The van der Waals surface area contributed by atoms with Crippen molar-refractivity contribution in [3.8, 4) is 0 Å². The Bertz CT molecular complexity index is 439. The van der Waals surface area contributed by atoms with Gasteiger partial charge in [0.25, 0.3) is 0 Å². The van der Waals surface area contributed by atoms with Crippen LogP contribution < -0.4 is 16.2 Å². The van der Waals surface area contributed by atoms with E-state index in [0.29, 0.717) is 6.04 Å². The minimum atomic E-state index is 0.691. The van der Waals surface area contributed by atoms with Crippen LogP contribution in [-0.4, -0.2) is 22.6 Å². The fraction of sp³-hybridized carbons (Fsp3) is 0.714. The molecule has 0 radical (unpaired) electrons. The predicted octanol–water partition coefficient (Wildman–Crippen LogP) is 2.09. The van der Waals surface area contributed by atoms with Gasteiger partial charge in [-0.15, -0.1) is 0 Å². The molecule has 0 atom stereocenters. The first kappa shape index (κ1) is 12.7. The van der Waals surface area contributed by atoms with Gasteiger partial charge in [-0.1, -0.05) is 13.3 Å². The third-order valence-corrected chi connectivity index (χ3v) is 3.97. The maximum atomic E-state index is 5.60. The normalized spacial score (nSPS) is 18.4. The van der Waals surface area contributed by atoms with Crippen molar-refractivity contribution in [2.45, 2.75) is 51.5 Å². The van der Waals surface area contributed by atoms with Gasteiger partial charge in [-0.3, -0.25) is 0 Å². The summed E-state index contributed by atoms with van der Waals surface area (Å²) in [4.78, 5) is 11.3. The van der Waals surface area contributed by atoms with E-state index >= 15 is 0 Å². The molecule has 0 unspecified atom stereocenters. The molecule has 3 N–H and O–H groups in total. The summed E-state index contributed by atoms with van der Waals surface area (Å²) in [5.41, 5.74) is 3.91. The van der Waals surface area contributed by atoms with Gasteiger partial charge in [0, 0.05) is 18.2 Å². The Labute approximate surface area is 114 Å². The molecule has 2 aliphatic rings. The summed E-state index contributed by atoms with van der Waals surface area (Å²) in [5.74, 6) is 8.37. The maximum absolute atomic E-state index is 5.60. The Morgan fingerprint density at radius 3 is 2.68 bits per heavy atom. The average Bonchev–Trinajstić information content (AvgIpc) is 3.28. The van der Waals surface area contributed by atoms with Crippen LogP contribution in [0.25, 0.3) is 0 Å². The summed E-state index contributed by atoms with van der Waals surface area (Å²) < 4.78 is 0. The molecule has 1 aromatic rings. The van der Waals surface area contributed by atoms with E-state index in [0.717, 1.165) is 36.9 Å². The van der Waals surface area contributed by atoms with Crippen molar-refractivity contribution < 1.29 is 0 Å². The van der Waals surface area contributed by atoms with Crippen LogP contribution in [0.15, 0.2) is 6.33 Å². The minimum Gasteiger partial charge on any atom is -0.353 e. The van der Waals surface area contributed by atoms with E-state index in [1.165, 1.54) is 31.2 Å². The Kier molecular flexibility index (Phi) is 3.55. The lowest BCUT2D eigenvalue weighted by Crippen LogP contribution is -2.30. The molecule has 1 aromatic heterocycles. The van der Waals surface area contributed by atoms with E-state index in [9.17, 15) is 0 Å². The smallest absolute Gasteiger partial charge is 0.148 e. The Hall–Kier alpha value is -1.36. The molecule has 19 heavy (non-hydrogen) atoms. The monoisotopic (exact) mass is 261 g/mol. The van der Waals surface area contributed by atoms with E-state index < -0.39 is 0 Å². The number of hydrogen-bond donors (Lipinski definition) is 2. The fourth-order valence-corrected chi connectivity index (χ4v) is 2.63. The molecular formula is C14H23N5. The first-order valence-corrected chi connectivity index (χ1v) is 7.40. The molecule has 5 heteroatoms. The zero-order valence-corrected chi connectivity index (χ0v) is 11.6.